The number of para-hydroxylation sites is 1. The smallest absolute Gasteiger partial charge is 0.387 e. The molecule has 182 valence electrons. The molecule has 0 saturated carbocycles. The molecule has 4 aromatic rings. The molecule has 0 saturated heterocycles. The maximum Gasteiger partial charge on any atom is 0.387 e. The number of carbonyl (C=O) groups excluding carboxylic acids is 2. The number of H-pyrrole nitrogens is 1. The summed E-state index contributed by atoms with van der Waals surface area (Å²) in [6.45, 7) is -1.12. The van der Waals surface area contributed by atoms with Crippen LogP contribution in [0.3, 0.4) is 0 Å². The van der Waals surface area contributed by atoms with Crippen LogP contribution in [-0.4, -0.2) is 34.2 Å². The van der Waals surface area contributed by atoms with Crippen molar-refractivity contribution in [1.82, 2.24) is 4.98 Å². The zero-order chi connectivity index (χ0) is 25.2. The summed E-state index contributed by atoms with van der Waals surface area (Å²) in [7, 11) is 0. The number of aromatic nitrogens is 1. The third kappa shape index (κ3) is 4.67. The van der Waals surface area contributed by atoms with Gasteiger partial charge in [-0.1, -0.05) is 30.0 Å². The highest BCUT2D eigenvalue weighted by Crippen LogP contribution is 2.32. The van der Waals surface area contributed by atoms with Gasteiger partial charge in [-0.2, -0.15) is 8.78 Å². The molecule has 0 spiro atoms. The number of aryl methyl sites for hydroxylation is 1. The van der Waals surface area contributed by atoms with Crippen LogP contribution in [0.15, 0.2) is 82.0 Å². The number of rotatable bonds is 7. The van der Waals surface area contributed by atoms with Crippen molar-refractivity contribution in [2.24, 2.45) is 4.99 Å². The zero-order valence-corrected chi connectivity index (χ0v) is 19.7. The fourth-order valence-corrected chi connectivity index (χ4v) is 4.83. The van der Waals surface area contributed by atoms with Gasteiger partial charge in [0.15, 0.2) is 11.0 Å². The summed E-state index contributed by atoms with van der Waals surface area (Å²) < 4.78 is 34.8. The lowest BCUT2D eigenvalue weighted by Gasteiger charge is -2.18. The number of thioether (sulfide) groups is 1. The Balaban J connectivity index is 1.43. The molecule has 2 aromatic heterocycles. The first-order valence-corrected chi connectivity index (χ1v) is 11.9. The Morgan fingerprint density at radius 3 is 2.67 bits per heavy atom. The fourth-order valence-electron chi connectivity index (χ4n) is 3.94. The predicted molar refractivity (Wildman–Crippen MR) is 135 cm³/mol. The third-order valence-electron chi connectivity index (χ3n) is 5.48. The normalized spacial score (nSPS) is 14.8. The van der Waals surface area contributed by atoms with E-state index in [1.54, 1.807) is 12.1 Å². The summed E-state index contributed by atoms with van der Waals surface area (Å²) in [4.78, 5) is 35.5. The van der Waals surface area contributed by atoms with Gasteiger partial charge in [0.2, 0.25) is 0 Å². The first-order valence-electron chi connectivity index (χ1n) is 10.9. The van der Waals surface area contributed by atoms with Crippen molar-refractivity contribution in [2.75, 3.05) is 10.7 Å². The Kier molecular flexibility index (Phi) is 6.43. The van der Waals surface area contributed by atoms with E-state index in [0.717, 1.165) is 28.4 Å². The number of anilines is 1. The molecule has 3 heterocycles. The molecule has 0 radical (unpaired) electrons. The lowest BCUT2D eigenvalue weighted by atomic mass is 10.1. The van der Waals surface area contributed by atoms with Crippen LogP contribution in [0.2, 0.25) is 0 Å². The van der Waals surface area contributed by atoms with Crippen LogP contribution in [0.5, 0.6) is 5.75 Å². The number of hydrogen-bond acceptors (Lipinski definition) is 6. The number of amidine groups is 1. The summed E-state index contributed by atoms with van der Waals surface area (Å²) in [5.74, 6) is -0.116. The number of nitrogens with one attached hydrogen (secondary N) is 1. The highest BCUT2D eigenvalue weighted by atomic mass is 32.2. The molecule has 0 unspecified atom stereocenters. The maximum absolute atomic E-state index is 13.3. The molecule has 10 heteroatoms. The van der Waals surface area contributed by atoms with Crippen molar-refractivity contribution < 1.29 is 27.5 Å². The number of amides is 1. The minimum atomic E-state index is -2.96. The molecule has 7 nitrogen and oxygen atoms in total. The van der Waals surface area contributed by atoms with E-state index < -0.39 is 12.5 Å². The SMILES string of the molecule is Cc1[nH]c2ccccc2c1C(=O)CSC1=NC(=Cc2ccco2)C(=O)N1c1ccc(OC(F)F)cc1. The highest BCUT2D eigenvalue weighted by molar-refractivity contribution is 8.14. The molecular formula is C26H19F2N3O4S. The second kappa shape index (κ2) is 9.82. The first-order chi connectivity index (χ1) is 17.4. The van der Waals surface area contributed by atoms with E-state index >= 15 is 0 Å². The quantitative estimate of drug-likeness (QED) is 0.244. The minimum Gasteiger partial charge on any atom is -0.465 e. The molecule has 0 atom stereocenters. The van der Waals surface area contributed by atoms with Gasteiger partial charge >= 0.3 is 6.61 Å². The van der Waals surface area contributed by atoms with Gasteiger partial charge in [-0.15, -0.1) is 0 Å². The first kappa shape index (κ1) is 23.6. The molecule has 1 aliphatic rings. The zero-order valence-electron chi connectivity index (χ0n) is 18.9. The van der Waals surface area contributed by atoms with Gasteiger partial charge in [0.25, 0.3) is 5.91 Å². The summed E-state index contributed by atoms with van der Waals surface area (Å²) in [5, 5.41) is 1.11. The number of aromatic amines is 1. The van der Waals surface area contributed by atoms with E-state index in [9.17, 15) is 18.4 Å². The van der Waals surface area contributed by atoms with Gasteiger partial charge in [0.1, 0.15) is 17.2 Å². The standard InChI is InChI=1S/C26H19F2N3O4S/c1-15-23(19-6-2-3-7-20(19)29-15)22(32)14-36-26-30-21(13-18-5-4-12-34-18)24(33)31(26)16-8-10-17(11-9-16)35-25(27)28/h2-13,25,29H,14H2,1H3. The van der Waals surface area contributed by atoms with Crippen molar-refractivity contribution in [3.63, 3.8) is 0 Å². The van der Waals surface area contributed by atoms with Crippen molar-refractivity contribution in [2.45, 2.75) is 13.5 Å². The Bertz CT molecular complexity index is 1490. The molecule has 1 amide bonds. The van der Waals surface area contributed by atoms with Crippen molar-refractivity contribution in [3.8, 4) is 5.75 Å². The van der Waals surface area contributed by atoms with E-state index in [2.05, 4.69) is 14.7 Å². The van der Waals surface area contributed by atoms with Gasteiger partial charge in [-0.05, 0) is 49.4 Å². The van der Waals surface area contributed by atoms with E-state index in [-0.39, 0.29) is 28.2 Å². The second-order valence-corrected chi connectivity index (χ2v) is 8.78. The minimum absolute atomic E-state index is 0.0336. The van der Waals surface area contributed by atoms with Crippen LogP contribution in [-0.2, 0) is 4.79 Å². The average Bonchev–Trinajstić information content (AvgIpc) is 3.56. The number of hydrogen-bond donors (Lipinski definition) is 1. The largest absolute Gasteiger partial charge is 0.465 e. The monoisotopic (exact) mass is 507 g/mol. The van der Waals surface area contributed by atoms with Crippen LogP contribution < -0.4 is 9.64 Å². The number of ketones is 1. The summed E-state index contributed by atoms with van der Waals surface area (Å²) in [6, 6.07) is 16.6. The number of carbonyl (C=O) groups is 2. The van der Waals surface area contributed by atoms with Gasteiger partial charge in [-0.25, -0.2) is 4.99 Å². The van der Waals surface area contributed by atoms with Crippen LogP contribution in [0.25, 0.3) is 17.0 Å². The predicted octanol–water partition coefficient (Wildman–Crippen LogP) is 6.03. The maximum atomic E-state index is 13.3. The van der Waals surface area contributed by atoms with Gasteiger partial charge < -0.3 is 14.1 Å². The molecule has 1 aliphatic heterocycles. The number of nitrogens with zero attached hydrogens (tertiary/aromatic N) is 2. The number of alkyl halides is 2. The second-order valence-electron chi connectivity index (χ2n) is 7.83. The van der Waals surface area contributed by atoms with E-state index in [0.29, 0.717) is 17.0 Å². The highest BCUT2D eigenvalue weighted by Gasteiger charge is 2.33. The molecule has 36 heavy (non-hydrogen) atoms. The Morgan fingerprint density at radius 1 is 1.17 bits per heavy atom. The number of ether oxygens (including phenoxy) is 1. The summed E-state index contributed by atoms with van der Waals surface area (Å²) >= 11 is 1.11. The van der Waals surface area contributed by atoms with E-state index in [1.807, 2.05) is 31.2 Å². The number of Topliss-reactive ketones (excluding diaryl/α,β-unsaturated/α-hetero) is 1. The van der Waals surface area contributed by atoms with Gasteiger partial charge in [-0.3, -0.25) is 14.5 Å². The van der Waals surface area contributed by atoms with Gasteiger partial charge in [0.05, 0.1) is 17.7 Å². The molecule has 0 aliphatic carbocycles. The van der Waals surface area contributed by atoms with Crippen LogP contribution in [0, 0.1) is 6.92 Å². The molecule has 2 aromatic carbocycles. The number of furan rings is 1. The lowest BCUT2D eigenvalue weighted by Crippen LogP contribution is -2.30. The Hall–Kier alpha value is -4.18. The van der Waals surface area contributed by atoms with E-state index in [1.165, 1.54) is 41.5 Å². The summed E-state index contributed by atoms with van der Waals surface area (Å²) in [6.07, 6.45) is 2.98. The topological polar surface area (TPSA) is 87.9 Å². The molecular weight excluding hydrogens is 488 g/mol. The summed E-state index contributed by atoms with van der Waals surface area (Å²) in [5.41, 5.74) is 2.74. The number of fused-ring (bicyclic) bond motifs is 1. The molecule has 5 rings (SSSR count). The van der Waals surface area contributed by atoms with Crippen molar-refractivity contribution in [1.29, 1.82) is 0 Å². The van der Waals surface area contributed by atoms with Crippen LogP contribution >= 0.6 is 11.8 Å². The molecule has 1 N–H and O–H groups in total. The van der Waals surface area contributed by atoms with Crippen LogP contribution in [0.1, 0.15) is 21.8 Å². The van der Waals surface area contributed by atoms with Crippen molar-refractivity contribution >= 4 is 51.3 Å². The van der Waals surface area contributed by atoms with Crippen molar-refractivity contribution in [3.05, 3.63) is 89.6 Å². The lowest BCUT2D eigenvalue weighted by molar-refractivity contribution is -0.113. The number of halogens is 2. The van der Waals surface area contributed by atoms with E-state index in [4.69, 9.17) is 4.42 Å². The molecule has 0 bridgehead atoms. The fraction of sp³-hybridized carbons (Fsp3) is 0.115. The van der Waals surface area contributed by atoms with Crippen LogP contribution in [0.4, 0.5) is 14.5 Å². The Morgan fingerprint density at radius 2 is 1.94 bits per heavy atom. The molecule has 0 fully saturated rings. The van der Waals surface area contributed by atoms with Gasteiger partial charge in [0, 0.05) is 28.2 Å². The third-order valence-corrected chi connectivity index (χ3v) is 6.42. The number of benzene rings is 2. The number of aliphatic imine (C=N–C) groups is 1. The average molecular weight is 508 g/mol. The Labute approximate surface area is 208 Å².